The Morgan fingerprint density at radius 2 is 1.90 bits per heavy atom. The maximum absolute atomic E-state index is 12.4. The van der Waals surface area contributed by atoms with Gasteiger partial charge in [0.15, 0.2) is 11.5 Å². The number of rotatable bonds is 4. The van der Waals surface area contributed by atoms with Crippen LogP contribution in [0.25, 0.3) is 0 Å². The molecular weight excluding hydrogens is 283 g/mol. The summed E-state index contributed by atoms with van der Waals surface area (Å²) in [7, 11) is 0. The number of ether oxygens (including phenoxy) is 1. The molecule has 0 aliphatic carbocycles. The van der Waals surface area contributed by atoms with Gasteiger partial charge in [-0.05, 0) is 30.9 Å². The van der Waals surface area contributed by atoms with Crippen LogP contribution in [-0.2, 0) is 10.9 Å². The molecule has 1 aliphatic heterocycles. The first kappa shape index (κ1) is 16.0. The molecule has 118 valence electrons. The summed E-state index contributed by atoms with van der Waals surface area (Å²) in [6.45, 7) is 6.40. The Kier molecular flexibility index (Phi) is 5.03. The van der Waals surface area contributed by atoms with Crippen LogP contribution in [0.15, 0.2) is 12.1 Å². The summed E-state index contributed by atoms with van der Waals surface area (Å²) in [5, 5.41) is 6.94. The van der Waals surface area contributed by atoms with Gasteiger partial charge in [0.05, 0.1) is 6.10 Å². The first-order valence-electron chi connectivity index (χ1n) is 7.13. The van der Waals surface area contributed by atoms with Gasteiger partial charge in [-0.3, -0.25) is 0 Å². The minimum absolute atomic E-state index is 0.228. The molecule has 0 N–H and O–H groups in total. The summed E-state index contributed by atoms with van der Waals surface area (Å²) in [5.41, 5.74) is -0.957. The fraction of sp³-hybridized carbons (Fsp3) is 0.714. The van der Waals surface area contributed by atoms with Crippen molar-refractivity contribution >= 4 is 5.82 Å². The predicted octanol–water partition coefficient (Wildman–Crippen LogP) is 3.14. The molecule has 4 nitrogen and oxygen atoms in total. The van der Waals surface area contributed by atoms with Crippen LogP contribution in [-0.4, -0.2) is 36.0 Å². The SMILES string of the molecule is CC(C)COC1CCN(c2ccc(C(F)(F)F)nn2)CC1. The molecule has 1 fully saturated rings. The molecular formula is C14H20F3N3O. The minimum Gasteiger partial charge on any atom is -0.378 e. The normalized spacial score (nSPS) is 17.5. The third kappa shape index (κ3) is 4.56. The Balaban J connectivity index is 1.87. The fourth-order valence-corrected chi connectivity index (χ4v) is 2.23. The molecule has 0 saturated carbocycles. The second-order valence-corrected chi connectivity index (χ2v) is 5.69. The van der Waals surface area contributed by atoms with E-state index in [1.165, 1.54) is 6.07 Å². The average Bonchev–Trinajstić information content (AvgIpc) is 2.45. The second-order valence-electron chi connectivity index (χ2n) is 5.69. The lowest BCUT2D eigenvalue weighted by Crippen LogP contribution is -2.38. The molecule has 21 heavy (non-hydrogen) atoms. The van der Waals surface area contributed by atoms with Crippen LogP contribution in [0, 0.1) is 5.92 Å². The number of aromatic nitrogens is 2. The molecule has 0 spiro atoms. The molecule has 0 aromatic carbocycles. The molecule has 1 aliphatic rings. The Hall–Kier alpha value is -1.37. The summed E-state index contributed by atoms with van der Waals surface area (Å²) in [5.74, 6) is 0.995. The Morgan fingerprint density at radius 1 is 1.24 bits per heavy atom. The molecule has 0 bridgehead atoms. The molecule has 1 aromatic heterocycles. The summed E-state index contributed by atoms with van der Waals surface area (Å²) in [6.07, 6.45) is -2.50. The minimum atomic E-state index is -4.44. The van der Waals surface area contributed by atoms with Crippen LogP contribution in [0.2, 0.25) is 0 Å². The molecule has 0 radical (unpaired) electrons. The summed E-state index contributed by atoms with van der Waals surface area (Å²) in [6, 6.07) is 2.36. The van der Waals surface area contributed by atoms with Crippen LogP contribution in [0.5, 0.6) is 0 Å². The maximum atomic E-state index is 12.4. The van der Waals surface area contributed by atoms with E-state index in [-0.39, 0.29) is 6.10 Å². The smallest absolute Gasteiger partial charge is 0.378 e. The molecule has 1 saturated heterocycles. The van der Waals surface area contributed by atoms with Crippen molar-refractivity contribution in [3.63, 3.8) is 0 Å². The lowest BCUT2D eigenvalue weighted by molar-refractivity contribution is -0.141. The molecule has 1 aromatic rings. The Labute approximate surface area is 122 Å². The van der Waals surface area contributed by atoms with Gasteiger partial charge < -0.3 is 9.64 Å². The van der Waals surface area contributed by atoms with E-state index in [1.54, 1.807) is 0 Å². The summed E-state index contributed by atoms with van der Waals surface area (Å²) in [4.78, 5) is 1.95. The summed E-state index contributed by atoms with van der Waals surface area (Å²) < 4.78 is 43.1. The van der Waals surface area contributed by atoms with Crippen molar-refractivity contribution in [2.45, 2.75) is 39.0 Å². The zero-order valence-corrected chi connectivity index (χ0v) is 12.2. The van der Waals surface area contributed by atoms with Gasteiger partial charge in [0.25, 0.3) is 0 Å². The van der Waals surface area contributed by atoms with Gasteiger partial charge in [0.2, 0.25) is 0 Å². The van der Waals surface area contributed by atoms with Crippen LogP contribution in [0.1, 0.15) is 32.4 Å². The first-order chi connectivity index (χ1) is 9.86. The predicted molar refractivity (Wildman–Crippen MR) is 73.1 cm³/mol. The van der Waals surface area contributed by atoms with Gasteiger partial charge in [-0.2, -0.15) is 13.2 Å². The van der Waals surface area contributed by atoms with E-state index in [9.17, 15) is 13.2 Å². The monoisotopic (exact) mass is 303 g/mol. The quantitative estimate of drug-likeness (QED) is 0.856. The van der Waals surface area contributed by atoms with E-state index < -0.39 is 11.9 Å². The largest absolute Gasteiger partial charge is 0.435 e. The van der Waals surface area contributed by atoms with E-state index in [0.29, 0.717) is 11.7 Å². The van der Waals surface area contributed by atoms with Gasteiger partial charge in [0, 0.05) is 19.7 Å². The van der Waals surface area contributed by atoms with E-state index in [4.69, 9.17) is 4.74 Å². The highest BCUT2D eigenvalue weighted by Gasteiger charge is 2.33. The second kappa shape index (κ2) is 6.60. The van der Waals surface area contributed by atoms with Gasteiger partial charge in [-0.1, -0.05) is 13.8 Å². The van der Waals surface area contributed by atoms with Crippen LogP contribution in [0.4, 0.5) is 19.0 Å². The first-order valence-corrected chi connectivity index (χ1v) is 7.13. The van der Waals surface area contributed by atoms with Crippen molar-refractivity contribution in [2.24, 2.45) is 5.92 Å². The van der Waals surface area contributed by atoms with Crippen molar-refractivity contribution in [3.05, 3.63) is 17.8 Å². The fourth-order valence-electron chi connectivity index (χ4n) is 2.23. The maximum Gasteiger partial charge on any atom is 0.435 e. The number of halogens is 3. The van der Waals surface area contributed by atoms with Crippen molar-refractivity contribution in [3.8, 4) is 0 Å². The summed E-state index contributed by atoms with van der Waals surface area (Å²) >= 11 is 0. The van der Waals surface area contributed by atoms with Crippen LogP contribution >= 0.6 is 0 Å². The topological polar surface area (TPSA) is 38.2 Å². The molecule has 0 atom stereocenters. The number of anilines is 1. The number of hydrogen-bond acceptors (Lipinski definition) is 4. The Morgan fingerprint density at radius 3 is 2.38 bits per heavy atom. The number of nitrogens with zero attached hydrogens (tertiary/aromatic N) is 3. The van der Waals surface area contributed by atoms with E-state index >= 15 is 0 Å². The van der Waals surface area contributed by atoms with Crippen molar-refractivity contribution in [1.29, 1.82) is 0 Å². The highest BCUT2D eigenvalue weighted by molar-refractivity contribution is 5.38. The molecule has 0 amide bonds. The van der Waals surface area contributed by atoms with Crippen molar-refractivity contribution in [2.75, 3.05) is 24.6 Å². The molecule has 2 rings (SSSR count). The molecule has 0 unspecified atom stereocenters. The number of piperidine rings is 1. The van der Waals surface area contributed by atoms with Crippen molar-refractivity contribution in [1.82, 2.24) is 10.2 Å². The lowest BCUT2D eigenvalue weighted by Gasteiger charge is -2.32. The van der Waals surface area contributed by atoms with Gasteiger partial charge >= 0.3 is 6.18 Å². The van der Waals surface area contributed by atoms with E-state index in [2.05, 4.69) is 24.0 Å². The highest BCUT2D eigenvalue weighted by Crippen LogP contribution is 2.28. The van der Waals surface area contributed by atoms with Crippen molar-refractivity contribution < 1.29 is 17.9 Å². The van der Waals surface area contributed by atoms with Gasteiger partial charge in [-0.25, -0.2) is 0 Å². The van der Waals surface area contributed by atoms with Gasteiger partial charge in [-0.15, -0.1) is 10.2 Å². The standard InChI is InChI=1S/C14H20F3N3O/c1-10(2)9-21-11-5-7-20(8-6-11)13-4-3-12(18-19-13)14(15,16)17/h3-4,10-11H,5-9H2,1-2H3. The highest BCUT2D eigenvalue weighted by atomic mass is 19.4. The number of alkyl halides is 3. The van der Waals surface area contributed by atoms with E-state index in [0.717, 1.165) is 38.6 Å². The number of hydrogen-bond donors (Lipinski definition) is 0. The third-order valence-corrected chi connectivity index (χ3v) is 3.37. The third-order valence-electron chi connectivity index (χ3n) is 3.37. The Bertz CT molecular complexity index is 440. The van der Waals surface area contributed by atoms with Gasteiger partial charge in [0.1, 0.15) is 0 Å². The zero-order chi connectivity index (χ0) is 15.5. The van der Waals surface area contributed by atoms with Crippen LogP contribution < -0.4 is 4.90 Å². The molecule has 7 heteroatoms. The van der Waals surface area contributed by atoms with E-state index in [1.807, 2.05) is 4.90 Å². The molecule has 2 heterocycles. The lowest BCUT2D eigenvalue weighted by atomic mass is 10.1. The van der Waals surface area contributed by atoms with Crippen LogP contribution in [0.3, 0.4) is 0 Å². The zero-order valence-electron chi connectivity index (χ0n) is 12.2. The average molecular weight is 303 g/mol.